The van der Waals surface area contributed by atoms with Crippen molar-refractivity contribution >= 4 is 14.0 Å². The van der Waals surface area contributed by atoms with Crippen LogP contribution in [-0.4, -0.2) is 42.3 Å². The Morgan fingerprint density at radius 3 is 2.35 bits per heavy atom. The zero-order valence-corrected chi connectivity index (χ0v) is 25.5. The number of hydrogen-bond acceptors (Lipinski definition) is 5. The Morgan fingerprint density at radius 1 is 1.10 bits per heavy atom. The van der Waals surface area contributed by atoms with Gasteiger partial charge in [0.1, 0.15) is 12.6 Å². The third-order valence-electron chi connectivity index (χ3n) is 6.90. The third-order valence-corrected chi connectivity index (χ3v) is 8.60. The molecule has 0 aliphatic rings. The molecule has 0 fully saturated rings. The first kappa shape index (κ1) is 31.5. The fourth-order valence-electron chi connectivity index (χ4n) is 4.31. The molecule has 2 aromatic heterocycles. The van der Waals surface area contributed by atoms with E-state index in [4.69, 9.17) is 9.47 Å². The molecule has 0 bridgehead atoms. The van der Waals surface area contributed by atoms with Crippen LogP contribution in [0.4, 0.5) is 13.2 Å². The van der Waals surface area contributed by atoms with Crippen molar-refractivity contribution in [1.82, 2.24) is 14.5 Å². The van der Waals surface area contributed by atoms with Gasteiger partial charge in [0.15, 0.2) is 5.69 Å². The summed E-state index contributed by atoms with van der Waals surface area (Å²) in [6, 6.07) is 10.8. The van der Waals surface area contributed by atoms with Gasteiger partial charge in [-0.3, -0.25) is 9.78 Å². The van der Waals surface area contributed by atoms with E-state index in [9.17, 15) is 18.0 Å². The molecule has 0 radical (unpaired) electrons. The Bertz CT molecular complexity index is 1300. The zero-order valence-electron chi connectivity index (χ0n) is 24.5. The molecule has 3 aromatic rings. The summed E-state index contributed by atoms with van der Waals surface area (Å²) < 4.78 is 52.5. The molecule has 0 spiro atoms. The van der Waals surface area contributed by atoms with Crippen LogP contribution in [0.1, 0.15) is 43.5 Å². The maximum absolute atomic E-state index is 13.5. The summed E-state index contributed by atoms with van der Waals surface area (Å²) >= 11 is 0. The predicted molar refractivity (Wildman–Crippen MR) is 153 cm³/mol. The highest BCUT2D eigenvalue weighted by atomic mass is 28.3. The lowest BCUT2D eigenvalue weighted by Crippen LogP contribution is -2.25. The summed E-state index contributed by atoms with van der Waals surface area (Å²) in [5.74, 6) is -0.0264. The molecule has 0 amide bonds. The first-order chi connectivity index (χ1) is 18.6. The lowest BCUT2D eigenvalue weighted by molar-refractivity contribution is -0.151. The van der Waals surface area contributed by atoms with Gasteiger partial charge in [-0.2, -0.15) is 13.2 Å². The minimum Gasteiger partial charge on any atom is -0.469 e. The first-order valence-electron chi connectivity index (χ1n) is 13.5. The Morgan fingerprint density at radius 2 is 1.77 bits per heavy atom. The standard InChI is InChI=1S/C30H40F3N3O3Si/c1-21-17-25(23-12-10-22(11-13-23)9-8-14-29(2,3)28(37)38-4)34-18-24(21)27-35-26(30(31,32)33)19-36(27)20-39-15-16-40(5,6)7/h10-13,17-19H,8-9,14-16,20H2,1-7H3. The van der Waals surface area contributed by atoms with Gasteiger partial charge in [0.2, 0.25) is 0 Å². The van der Waals surface area contributed by atoms with Gasteiger partial charge in [-0.25, -0.2) is 4.98 Å². The second-order valence-electron chi connectivity index (χ2n) is 12.1. The monoisotopic (exact) mass is 575 g/mol. The maximum Gasteiger partial charge on any atom is 0.434 e. The number of methoxy groups -OCH3 is 1. The van der Waals surface area contributed by atoms with Crippen LogP contribution in [0.25, 0.3) is 22.6 Å². The van der Waals surface area contributed by atoms with Crippen LogP contribution >= 0.6 is 0 Å². The molecule has 0 N–H and O–H groups in total. The highest BCUT2D eigenvalue weighted by molar-refractivity contribution is 6.76. The van der Waals surface area contributed by atoms with Gasteiger partial charge in [0, 0.05) is 38.2 Å². The Hall–Kier alpha value is -2.98. The smallest absolute Gasteiger partial charge is 0.434 e. The van der Waals surface area contributed by atoms with Gasteiger partial charge in [-0.1, -0.05) is 43.9 Å². The zero-order chi connectivity index (χ0) is 29.7. The Kier molecular flexibility index (Phi) is 10.00. The van der Waals surface area contributed by atoms with Gasteiger partial charge in [-0.15, -0.1) is 0 Å². The summed E-state index contributed by atoms with van der Waals surface area (Å²) in [7, 11) is 0.0807. The van der Waals surface area contributed by atoms with Crippen LogP contribution in [0.3, 0.4) is 0 Å². The van der Waals surface area contributed by atoms with E-state index < -0.39 is 25.4 Å². The second kappa shape index (κ2) is 12.7. The molecule has 0 aliphatic heterocycles. The number of carbonyl (C=O) groups is 1. The molecule has 3 rings (SSSR count). The van der Waals surface area contributed by atoms with Crippen molar-refractivity contribution in [1.29, 1.82) is 0 Å². The van der Waals surface area contributed by atoms with Crippen LogP contribution < -0.4 is 0 Å². The number of nitrogens with zero attached hydrogens (tertiary/aromatic N) is 3. The number of aromatic nitrogens is 3. The fourth-order valence-corrected chi connectivity index (χ4v) is 5.07. The molecular formula is C30H40F3N3O3Si. The molecule has 0 atom stereocenters. The minimum atomic E-state index is -4.56. The van der Waals surface area contributed by atoms with E-state index in [1.165, 1.54) is 11.7 Å². The fraction of sp³-hybridized carbons (Fsp3) is 0.500. The number of alkyl halides is 3. The molecule has 2 heterocycles. The average molecular weight is 576 g/mol. The number of imidazole rings is 1. The summed E-state index contributed by atoms with van der Waals surface area (Å²) in [4.78, 5) is 20.4. The van der Waals surface area contributed by atoms with E-state index in [1.54, 1.807) is 6.20 Å². The van der Waals surface area contributed by atoms with E-state index in [0.717, 1.165) is 53.9 Å². The van der Waals surface area contributed by atoms with E-state index in [1.807, 2.05) is 51.1 Å². The SMILES string of the molecule is COC(=O)C(C)(C)CCCc1ccc(-c2cc(C)c(-c3nc(C(F)(F)F)cn3COCC[Si](C)(C)C)cn2)cc1. The van der Waals surface area contributed by atoms with E-state index in [2.05, 4.69) is 29.6 Å². The molecule has 0 saturated carbocycles. The van der Waals surface area contributed by atoms with E-state index in [0.29, 0.717) is 12.2 Å². The molecular weight excluding hydrogens is 535 g/mol. The van der Waals surface area contributed by atoms with E-state index >= 15 is 0 Å². The van der Waals surface area contributed by atoms with Crippen molar-refractivity contribution in [3.05, 3.63) is 59.5 Å². The Labute approximate surface area is 236 Å². The minimum absolute atomic E-state index is 0.0115. The molecule has 10 heteroatoms. The molecule has 0 unspecified atom stereocenters. The van der Waals surface area contributed by atoms with Crippen LogP contribution in [0.5, 0.6) is 0 Å². The van der Waals surface area contributed by atoms with Crippen LogP contribution in [0.15, 0.2) is 42.7 Å². The maximum atomic E-state index is 13.5. The number of hydrogen-bond donors (Lipinski definition) is 0. The number of pyridine rings is 1. The summed E-state index contributed by atoms with van der Waals surface area (Å²) in [5.41, 5.74) is 2.59. The van der Waals surface area contributed by atoms with Crippen LogP contribution in [0.2, 0.25) is 25.7 Å². The van der Waals surface area contributed by atoms with Gasteiger partial charge < -0.3 is 14.0 Å². The molecule has 218 valence electrons. The number of esters is 1. The first-order valence-corrected chi connectivity index (χ1v) is 17.2. The van der Waals surface area contributed by atoms with Crippen LogP contribution in [-0.2, 0) is 33.6 Å². The van der Waals surface area contributed by atoms with Gasteiger partial charge >= 0.3 is 12.1 Å². The quantitative estimate of drug-likeness (QED) is 0.125. The molecule has 6 nitrogen and oxygen atoms in total. The summed E-state index contributed by atoms with van der Waals surface area (Å²) in [5, 5.41) is 0. The number of benzene rings is 1. The van der Waals surface area contributed by atoms with Crippen LogP contribution in [0, 0.1) is 12.3 Å². The Balaban J connectivity index is 1.75. The third kappa shape index (κ3) is 8.51. The largest absolute Gasteiger partial charge is 0.469 e. The molecule has 1 aromatic carbocycles. The molecule has 0 saturated heterocycles. The molecule has 40 heavy (non-hydrogen) atoms. The second-order valence-corrected chi connectivity index (χ2v) is 17.7. The normalized spacial score (nSPS) is 12.6. The number of rotatable bonds is 12. The van der Waals surface area contributed by atoms with E-state index in [-0.39, 0.29) is 18.5 Å². The van der Waals surface area contributed by atoms with Crippen molar-refractivity contribution in [2.45, 2.75) is 78.6 Å². The van der Waals surface area contributed by atoms with Crippen molar-refractivity contribution in [2.75, 3.05) is 13.7 Å². The number of carbonyl (C=O) groups excluding carboxylic acids is 1. The number of halogens is 3. The van der Waals surface area contributed by atoms with Crippen molar-refractivity contribution in [3.8, 4) is 22.6 Å². The van der Waals surface area contributed by atoms with Gasteiger partial charge in [0.25, 0.3) is 0 Å². The summed E-state index contributed by atoms with van der Waals surface area (Å²) in [6.07, 6.45) is 0.421. The summed E-state index contributed by atoms with van der Waals surface area (Å²) in [6.45, 7) is 12.8. The van der Waals surface area contributed by atoms with Gasteiger partial charge in [-0.05, 0) is 63.3 Å². The topological polar surface area (TPSA) is 66.2 Å². The average Bonchev–Trinajstić information content (AvgIpc) is 3.30. The number of ether oxygens (including phenoxy) is 2. The van der Waals surface area contributed by atoms with Gasteiger partial charge in [0.05, 0.1) is 18.2 Å². The molecule has 0 aliphatic carbocycles. The van der Waals surface area contributed by atoms with Crippen molar-refractivity contribution in [3.63, 3.8) is 0 Å². The lowest BCUT2D eigenvalue weighted by Gasteiger charge is -2.21. The predicted octanol–water partition coefficient (Wildman–Crippen LogP) is 7.77. The lowest BCUT2D eigenvalue weighted by atomic mass is 9.86. The van der Waals surface area contributed by atoms with Crippen molar-refractivity contribution in [2.24, 2.45) is 5.41 Å². The number of aryl methyl sites for hydroxylation is 2. The van der Waals surface area contributed by atoms with Crippen molar-refractivity contribution < 1.29 is 27.4 Å². The highest BCUT2D eigenvalue weighted by Gasteiger charge is 2.35. The highest BCUT2D eigenvalue weighted by Crippen LogP contribution is 2.33.